The van der Waals surface area contributed by atoms with Gasteiger partial charge in [-0.2, -0.15) is 4.98 Å². The van der Waals surface area contributed by atoms with Crippen LogP contribution in [0.5, 0.6) is 0 Å². The minimum Gasteiger partial charge on any atom is -0.339 e. The Balaban J connectivity index is 2.32. The molecule has 2 rings (SSSR count). The third-order valence-electron chi connectivity index (χ3n) is 3.52. The first kappa shape index (κ1) is 15.0. The molecule has 1 aromatic heterocycles. The molecular weight excluding hydrogens is 274 g/mol. The van der Waals surface area contributed by atoms with Crippen molar-refractivity contribution in [3.05, 3.63) is 35.2 Å². The van der Waals surface area contributed by atoms with Crippen molar-refractivity contribution in [2.75, 3.05) is 7.05 Å². The summed E-state index contributed by atoms with van der Waals surface area (Å²) in [6, 6.07) is 7.73. The molecule has 2 aromatic rings. The number of nitrogens with zero attached hydrogens (tertiary/aromatic N) is 2. The van der Waals surface area contributed by atoms with Gasteiger partial charge in [0, 0.05) is 16.6 Å². The summed E-state index contributed by atoms with van der Waals surface area (Å²) in [6.45, 7) is 6.43. The van der Waals surface area contributed by atoms with Crippen molar-refractivity contribution in [1.29, 1.82) is 0 Å². The molecule has 0 amide bonds. The Bertz CT molecular complexity index is 568. The molecule has 0 aliphatic heterocycles. The monoisotopic (exact) mass is 293 g/mol. The Morgan fingerprint density at radius 2 is 2.00 bits per heavy atom. The highest BCUT2D eigenvalue weighted by molar-refractivity contribution is 6.30. The Morgan fingerprint density at radius 1 is 1.25 bits per heavy atom. The summed E-state index contributed by atoms with van der Waals surface area (Å²) in [5, 5.41) is 7.99. The van der Waals surface area contributed by atoms with Crippen LogP contribution in [-0.4, -0.2) is 23.2 Å². The highest BCUT2D eigenvalue weighted by Crippen LogP contribution is 2.29. The van der Waals surface area contributed by atoms with Crippen LogP contribution in [0.4, 0.5) is 0 Å². The molecule has 2 unspecified atom stereocenters. The predicted molar refractivity (Wildman–Crippen MR) is 80.8 cm³/mol. The molecule has 1 N–H and O–H groups in total. The summed E-state index contributed by atoms with van der Waals surface area (Å²) in [6.07, 6.45) is 0. The number of rotatable bonds is 5. The van der Waals surface area contributed by atoms with E-state index in [1.165, 1.54) is 0 Å². The van der Waals surface area contributed by atoms with E-state index in [9.17, 15) is 0 Å². The van der Waals surface area contributed by atoms with Gasteiger partial charge in [-0.1, -0.05) is 42.7 Å². The molecule has 0 aliphatic rings. The van der Waals surface area contributed by atoms with Gasteiger partial charge in [0.1, 0.15) is 0 Å². The largest absolute Gasteiger partial charge is 0.339 e. The van der Waals surface area contributed by atoms with Crippen molar-refractivity contribution in [3.63, 3.8) is 0 Å². The Hall–Kier alpha value is -1.39. The highest BCUT2D eigenvalue weighted by atomic mass is 35.5. The highest BCUT2D eigenvalue weighted by Gasteiger charge is 2.27. The van der Waals surface area contributed by atoms with Gasteiger partial charge in [0.25, 0.3) is 0 Å². The second-order valence-corrected chi connectivity index (χ2v) is 5.75. The normalized spacial score (nSPS) is 14.5. The lowest BCUT2D eigenvalue weighted by Gasteiger charge is -2.23. The lowest BCUT2D eigenvalue weighted by Crippen LogP contribution is -2.32. The minimum atomic E-state index is 0.181. The van der Waals surface area contributed by atoms with Gasteiger partial charge in [-0.05, 0) is 32.0 Å². The fourth-order valence-electron chi connectivity index (χ4n) is 2.37. The molecule has 0 aliphatic carbocycles. The number of nitrogens with one attached hydrogen (secondary N) is 1. The Morgan fingerprint density at radius 3 is 2.60 bits per heavy atom. The van der Waals surface area contributed by atoms with Gasteiger partial charge in [-0.3, -0.25) is 0 Å². The number of aromatic nitrogens is 2. The topological polar surface area (TPSA) is 51.0 Å². The van der Waals surface area contributed by atoms with Crippen LogP contribution in [0.25, 0.3) is 11.4 Å². The average molecular weight is 294 g/mol. The smallest absolute Gasteiger partial charge is 0.231 e. The number of hydrogen-bond donors (Lipinski definition) is 1. The summed E-state index contributed by atoms with van der Waals surface area (Å²) in [7, 11) is 1.94. The number of benzene rings is 1. The van der Waals surface area contributed by atoms with Crippen molar-refractivity contribution in [2.45, 2.75) is 32.7 Å². The van der Waals surface area contributed by atoms with E-state index < -0.39 is 0 Å². The molecule has 0 saturated heterocycles. The Labute approximate surface area is 124 Å². The summed E-state index contributed by atoms with van der Waals surface area (Å²) < 4.78 is 5.46. The molecule has 2 atom stereocenters. The van der Waals surface area contributed by atoms with Gasteiger partial charge in [-0.15, -0.1) is 0 Å². The molecule has 1 heterocycles. The van der Waals surface area contributed by atoms with Crippen molar-refractivity contribution < 1.29 is 4.52 Å². The molecule has 1 aromatic carbocycles. The van der Waals surface area contributed by atoms with E-state index in [1.807, 2.05) is 31.3 Å². The molecule has 20 heavy (non-hydrogen) atoms. The zero-order valence-corrected chi connectivity index (χ0v) is 13.0. The minimum absolute atomic E-state index is 0.181. The van der Waals surface area contributed by atoms with E-state index in [4.69, 9.17) is 16.1 Å². The van der Waals surface area contributed by atoms with Gasteiger partial charge in [-0.25, -0.2) is 0 Å². The van der Waals surface area contributed by atoms with Crippen LogP contribution < -0.4 is 5.32 Å². The molecule has 0 saturated carbocycles. The fraction of sp³-hybridized carbons (Fsp3) is 0.467. The number of likely N-dealkylation sites (N-methyl/N-ethyl adjacent to an activating group) is 1. The maximum atomic E-state index is 5.99. The first-order valence-corrected chi connectivity index (χ1v) is 7.17. The van der Waals surface area contributed by atoms with Crippen LogP contribution in [0.1, 0.15) is 32.6 Å². The average Bonchev–Trinajstić information content (AvgIpc) is 2.87. The summed E-state index contributed by atoms with van der Waals surface area (Å²) in [5.41, 5.74) is 0.868. The van der Waals surface area contributed by atoms with Crippen LogP contribution in [-0.2, 0) is 0 Å². The summed E-state index contributed by atoms with van der Waals surface area (Å²) in [4.78, 5) is 4.54. The third kappa shape index (κ3) is 3.19. The predicted octanol–water partition coefficient (Wildman–Crippen LogP) is 3.74. The van der Waals surface area contributed by atoms with Crippen LogP contribution >= 0.6 is 11.6 Å². The molecule has 108 valence electrons. The van der Waals surface area contributed by atoms with Crippen LogP contribution in [0.2, 0.25) is 5.02 Å². The van der Waals surface area contributed by atoms with Gasteiger partial charge in [0.2, 0.25) is 11.7 Å². The van der Waals surface area contributed by atoms with Crippen molar-refractivity contribution >= 4 is 11.6 Å². The summed E-state index contributed by atoms with van der Waals surface area (Å²) >= 11 is 5.99. The third-order valence-corrected chi connectivity index (χ3v) is 3.76. The van der Waals surface area contributed by atoms with E-state index in [1.54, 1.807) is 0 Å². The van der Waals surface area contributed by atoms with Crippen LogP contribution in [0, 0.1) is 5.92 Å². The second-order valence-electron chi connectivity index (χ2n) is 5.31. The second kappa shape index (κ2) is 6.37. The van der Waals surface area contributed by atoms with E-state index in [-0.39, 0.29) is 12.0 Å². The van der Waals surface area contributed by atoms with Crippen molar-refractivity contribution in [1.82, 2.24) is 15.5 Å². The summed E-state index contributed by atoms with van der Waals surface area (Å²) in [5.74, 6) is 1.83. The first-order valence-electron chi connectivity index (χ1n) is 6.79. The lowest BCUT2D eigenvalue weighted by atomic mass is 9.89. The number of hydrogen-bond acceptors (Lipinski definition) is 4. The quantitative estimate of drug-likeness (QED) is 0.912. The zero-order valence-electron chi connectivity index (χ0n) is 12.2. The molecule has 5 heteroatoms. The fourth-order valence-corrected chi connectivity index (χ4v) is 2.56. The van der Waals surface area contributed by atoms with Crippen LogP contribution in [0.15, 0.2) is 28.8 Å². The van der Waals surface area contributed by atoms with Gasteiger partial charge >= 0.3 is 0 Å². The first-order chi connectivity index (χ1) is 9.52. The maximum Gasteiger partial charge on any atom is 0.231 e. The maximum absolute atomic E-state index is 5.99. The lowest BCUT2D eigenvalue weighted by molar-refractivity contribution is 0.286. The van der Waals surface area contributed by atoms with Crippen LogP contribution in [0.3, 0.4) is 0 Å². The van der Waals surface area contributed by atoms with Gasteiger partial charge in [0.05, 0.1) is 5.92 Å². The molecular formula is C15H20ClN3O. The Kier molecular flexibility index (Phi) is 4.78. The van der Waals surface area contributed by atoms with Gasteiger partial charge in [0.15, 0.2) is 0 Å². The SMILES string of the molecule is CNC(C)C(c1nc(-c2cccc(Cl)c2)no1)C(C)C. The zero-order chi connectivity index (χ0) is 14.7. The molecule has 0 bridgehead atoms. The molecule has 0 spiro atoms. The van der Waals surface area contributed by atoms with Crippen molar-refractivity contribution in [3.8, 4) is 11.4 Å². The standard InChI is InChI=1S/C15H20ClN3O/c1-9(2)13(10(3)17-4)15-18-14(19-20-15)11-6-5-7-12(16)8-11/h5-10,13,17H,1-4H3. The van der Waals surface area contributed by atoms with E-state index in [2.05, 4.69) is 36.2 Å². The van der Waals surface area contributed by atoms with E-state index >= 15 is 0 Å². The van der Waals surface area contributed by atoms with E-state index in [0.29, 0.717) is 22.7 Å². The van der Waals surface area contributed by atoms with Crippen molar-refractivity contribution in [2.24, 2.45) is 5.92 Å². The van der Waals surface area contributed by atoms with Gasteiger partial charge < -0.3 is 9.84 Å². The molecule has 4 nitrogen and oxygen atoms in total. The molecule has 0 fully saturated rings. The van der Waals surface area contributed by atoms with E-state index in [0.717, 1.165) is 5.56 Å². The molecule has 0 radical (unpaired) electrons. The number of halogens is 1.